The molecule has 0 aromatic carbocycles. The average Bonchev–Trinajstić information content (AvgIpc) is 2.67. The Morgan fingerprint density at radius 1 is 1.71 bits per heavy atom. The predicted octanol–water partition coefficient (Wildman–Crippen LogP) is -0.127. The van der Waals surface area contributed by atoms with Gasteiger partial charge in [0.1, 0.15) is 0 Å². The number of aliphatic hydroxyl groups is 1. The van der Waals surface area contributed by atoms with E-state index < -0.39 is 6.10 Å². The van der Waals surface area contributed by atoms with Gasteiger partial charge in [0.25, 0.3) is 0 Å². The summed E-state index contributed by atoms with van der Waals surface area (Å²) in [6.07, 6.45) is 2.22. The molecule has 4 nitrogen and oxygen atoms in total. The van der Waals surface area contributed by atoms with Gasteiger partial charge in [0.2, 0.25) is 5.91 Å². The van der Waals surface area contributed by atoms with Crippen LogP contribution in [0.25, 0.3) is 0 Å². The Balaban J connectivity index is 2.13. The first-order chi connectivity index (χ1) is 6.74. The van der Waals surface area contributed by atoms with Crippen molar-refractivity contribution < 1.29 is 9.90 Å². The molecule has 1 fully saturated rings. The number of carbonyl (C=O) groups excluding carboxylic acids is 1. The molecule has 1 amide bonds. The molecular weight excluding hydrogens is 180 g/mol. The van der Waals surface area contributed by atoms with E-state index in [0.717, 1.165) is 32.4 Å². The van der Waals surface area contributed by atoms with E-state index in [-0.39, 0.29) is 11.8 Å². The summed E-state index contributed by atoms with van der Waals surface area (Å²) in [5.41, 5.74) is 0. The molecule has 1 aliphatic heterocycles. The Labute approximate surface area is 85.1 Å². The van der Waals surface area contributed by atoms with Crippen LogP contribution < -0.4 is 10.6 Å². The minimum Gasteiger partial charge on any atom is -0.391 e. The minimum absolute atomic E-state index is 0.0742. The third-order valence-corrected chi connectivity index (χ3v) is 2.56. The van der Waals surface area contributed by atoms with Gasteiger partial charge in [-0.25, -0.2) is 0 Å². The highest BCUT2D eigenvalue weighted by atomic mass is 16.3. The molecule has 3 N–H and O–H groups in total. The quantitative estimate of drug-likeness (QED) is 0.579. The average molecular weight is 200 g/mol. The van der Waals surface area contributed by atoms with Gasteiger partial charge in [-0.3, -0.25) is 4.79 Å². The van der Waals surface area contributed by atoms with Gasteiger partial charge >= 0.3 is 0 Å². The lowest BCUT2D eigenvalue weighted by Gasteiger charge is -2.13. The summed E-state index contributed by atoms with van der Waals surface area (Å²) in [6, 6.07) is 0. The highest BCUT2D eigenvalue weighted by Crippen LogP contribution is 2.07. The number of nitrogens with one attached hydrogen (secondary N) is 2. The molecule has 1 heterocycles. The molecule has 1 aliphatic rings. The van der Waals surface area contributed by atoms with Crippen LogP contribution in [0.15, 0.2) is 0 Å². The van der Waals surface area contributed by atoms with Crippen molar-refractivity contribution in [3.63, 3.8) is 0 Å². The van der Waals surface area contributed by atoms with Crippen LogP contribution in [0.5, 0.6) is 0 Å². The van der Waals surface area contributed by atoms with Crippen molar-refractivity contribution in [2.45, 2.75) is 32.3 Å². The molecule has 82 valence electrons. The number of carbonyl (C=O) groups is 1. The van der Waals surface area contributed by atoms with E-state index in [1.165, 1.54) is 0 Å². The third kappa shape index (κ3) is 3.64. The van der Waals surface area contributed by atoms with Crippen LogP contribution in [0.1, 0.15) is 26.2 Å². The summed E-state index contributed by atoms with van der Waals surface area (Å²) in [5, 5.41) is 15.3. The third-order valence-electron chi connectivity index (χ3n) is 2.56. The fourth-order valence-electron chi connectivity index (χ4n) is 1.68. The Hall–Kier alpha value is -0.610. The van der Waals surface area contributed by atoms with Crippen LogP contribution in [-0.2, 0) is 4.79 Å². The van der Waals surface area contributed by atoms with Crippen molar-refractivity contribution in [1.29, 1.82) is 0 Å². The van der Waals surface area contributed by atoms with Crippen molar-refractivity contribution in [1.82, 2.24) is 10.6 Å². The molecule has 0 aromatic heterocycles. The van der Waals surface area contributed by atoms with Crippen molar-refractivity contribution >= 4 is 5.91 Å². The smallest absolute Gasteiger partial charge is 0.224 e. The van der Waals surface area contributed by atoms with E-state index >= 15 is 0 Å². The van der Waals surface area contributed by atoms with E-state index in [1.807, 2.05) is 6.92 Å². The van der Waals surface area contributed by atoms with E-state index in [4.69, 9.17) is 0 Å². The molecule has 0 bridgehead atoms. The molecule has 1 rings (SSSR count). The van der Waals surface area contributed by atoms with Crippen molar-refractivity contribution in [2.24, 2.45) is 5.92 Å². The van der Waals surface area contributed by atoms with Crippen LogP contribution in [-0.4, -0.2) is 36.8 Å². The van der Waals surface area contributed by atoms with E-state index in [9.17, 15) is 9.90 Å². The van der Waals surface area contributed by atoms with Gasteiger partial charge in [-0.1, -0.05) is 13.3 Å². The van der Waals surface area contributed by atoms with Gasteiger partial charge in [0, 0.05) is 13.1 Å². The second-order valence-electron chi connectivity index (χ2n) is 3.88. The van der Waals surface area contributed by atoms with Gasteiger partial charge in [-0.2, -0.15) is 0 Å². The zero-order valence-electron chi connectivity index (χ0n) is 8.75. The first kappa shape index (κ1) is 11.5. The van der Waals surface area contributed by atoms with Gasteiger partial charge in [-0.05, 0) is 19.4 Å². The van der Waals surface area contributed by atoms with Crippen LogP contribution >= 0.6 is 0 Å². The molecule has 4 heteroatoms. The Morgan fingerprint density at radius 2 is 2.50 bits per heavy atom. The standard InChI is InChI=1S/C10H20N2O2/c1-2-3-9(13)7-12-10(14)8-4-5-11-6-8/h8-9,11,13H,2-7H2,1H3,(H,12,14). The number of hydrogen-bond donors (Lipinski definition) is 3. The largest absolute Gasteiger partial charge is 0.391 e. The van der Waals surface area contributed by atoms with E-state index in [0.29, 0.717) is 6.54 Å². The first-order valence-electron chi connectivity index (χ1n) is 5.40. The molecule has 0 aliphatic carbocycles. The minimum atomic E-state index is -0.390. The highest BCUT2D eigenvalue weighted by Gasteiger charge is 2.22. The molecule has 2 unspecified atom stereocenters. The zero-order valence-corrected chi connectivity index (χ0v) is 8.75. The molecule has 0 saturated carbocycles. The summed E-state index contributed by atoms with van der Waals surface area (Å²) in [4.78, 5) is 11.5. The maximum atomic E-state index is 11.5. The lowest BCUT2D eigenvalue weighted by atomic mass is 10.1. The summed E-state index contributed by atoms with van der Waals surface area (Å²) < 4.78 is 0. The summed E-state index contributed by atoms with van der Waals surface area (Å²) in [6.45, 7) is 4.11. The molecule has 0 spiro atoms. The number of rotatable bonds is 5. The molecule has 1 saturated heterocycles. The van der Waals surface area contributed by atoms with Crippen molar-refractivity contribution in [3.05, 3.63) is 0 Å². The fourth-order valence-corrected chi connectivity index (χ4v) is 1.68. The Kier molecular flexibility index (Phi) is 4.90. The Bertz CT molecular complexity index is 179. The first-order valence-corrected chi connectivity index (χ1v) is 5.40. The summed E-state index contributed by atoms with van der Waals surface area (Å²) >= 11 is 0. The lowest BCUT2D eigenvalue weighted by Crippen LogP contribution is -2.37. The van der Waals surface area contributed by atoms with Gasteiger partial charge < -0.3 is 15.7 Å². The van der Waals surface area contributed by atoms with Gasteiger partial charge in [-0.15, -0.1) is 0 Å². The predicted molar refractivity (Wildman–Crippen MR) is 54.9 cm³/mol. The number of hydrogen-bond acceptors (Lipinski definition) is 3. The fraction of sp³-hybridized carbons (Fsp3) is 0.900. The second-order valence-corrected chi connectivity index (χ2v) is 3.88. The molecule has 2 atom stereocenters. The lowest BCUT2D eigenvalue weighted by molar-refractivity contribution is -0.124. The van der Waals surface area contributed by atoms with Crippen molar-refractivity contribution in [2.75, 3.05) is 19.6 Å². The van der Waals surface area contributed by atoms with Crippen LogP contribution in [0.4, 0.5) is 0 Å². The summed E-state index contributed by atoms with van der Waals surface area (Å²) in [7, 11) is 0. The molecule has 0 aromatic rings. The van der Waals surface area contributed by atoms with Crippen LogP contribution in [0, 0.1) is 5.92 Å². The maximum absolute atomic E-state index is 11.5. The van der Waals surface area contributed by atoms with Gasteiger partial charge in [0.05, 0.1) is 12.0 Å². The molecular formula is C10H20N2O2. The molecule has 14 heavy (non-hydrogen) atoms. The topological polar surface area (TPSA) is 61.4 Å². The Morgan fingerprint density at radius 3 is 3.07 bits per heavy atom. The van der Waals surface area contributed by atoms with Crippen LogP contribution in [0.2, 0.25) is 0 Å². The second kappa shape index (κ2) is 5.98. The number of amides is 1. The SMILES string of the molecule is CCCC(O)CNC(=O)C1CCNC1. The van der Waals surface area contributed by atoms with E-state index in [2.05, 4.69) is 10.6 Å². The van der Waals surface area contributed by atoms with Crippen molar-refractivity contribution in [3.8, 4) is 0 Å². The zero-order chi connectivity index (χ0) is 10.4. The van der Waals surface area contributed by atoms with Crippen LogP contribution in [0.3, 0.4) is 0 Å². The normalized spacial score (nSPS) is 23.4. The highest BCUT2D eigenvalue weighted by molar-refractivity contribution is 5.79. The molecule has 0 radical (unpaired) electrons. The summed E-state index contributed by atoms with van der Waals surface area (Å²) in [5.74, 6) is 0.175. The number of aliphatic hydroxyl groups excluding tert-OH is 1. The monoisotopic (exact) mass is 200 g/mol. The van der Waals surface area contributed by atoms with E-state index in [1.54, 1.807) is 0 Å². The van der Waals surface area contributed by atoms with Gasteiger partial charge in [0.15, 0.2) is 0 Å². The maximum Gasteiger partial charge on any atom is 0.224 e.